The Labute approximate surface area is 46.1 Å². The van der Waals surface area contributed by atoms with Gasteiger partial charge in [0.15, 0.2) is 0 Å². The molecular weight excluding hydrogens is 138 g/mol. The van der Waals surface area contributed by atoms with Crippen molar-refractivity contribution in [2.45, 2.75) is 0 Å². The molecular formula is C2H5FO4P+. The minimum Gasteiger partial charge on any atom is -0.303 e. The standard InChI is InChI=1S/C2H3FO.HO3P/c1-2-4-3;1-4(2)3/h2H,1H2;(H-,1,2,3)/p+1. The molecule has 0 rings (SSSR count). The topological polar surface area (TPSA) is 66.8 Å². The maximum atomic E-state index is 10.1. The maximum Gasteiger partial charge on any atom is 0.692 e. The van der Waals surface area contributed by atoms with Crippen LogP contribution in [0.4, 0.5) is 4.53 Å². The molecule has 0 saturated heterocycles. The largest absolute Gasteiger partial charge is 0.692 e. The highest BCUT2D eigenvalue weighted by Gasteiger charge is 1.93. The van der Waals surface area contributed by atoms with E-state index in [4.69, 9.17) is 14.4 Å². The third-order valence-electron chi connectivity index (χ3n) is 0.0630. The fourth-order valence-electron chi connectivity index (χ4n) is 0. The zero-order valence-corrected chi connectivity index (χ0v) is 4.71. The van der Waals surface area contributed by atoms with Crippen molar-refractivity contribution in [2.75, 3.05) is 0 Å². The summed E-state index contributed by atoms with van der Waals surface area (Å²) in [6.45, 7) is 2.88. The highest BCUT2D eigenvalue weighted by molar-refractivity contribution is 7.30. The van der Waals surface area contributed by atoms with E-state index in [2.05, 4.69) is 11.5 Å². The van der Waals surface area contributed by atoms with Crippen molar-refractivity contribution < 1.29 is 23.8 Å². The van der Waals surface area contributed by atoms with E-state index in [1.165, 1.54) is 0 Å². The second-order valence-electron chi connectivity index (χ2n) is 0.508. The lowest BCUT2D eigenvalue weighted by Crippen LogP contribution is -1.41. The van der Waals surface area contributed by atoms with Gasteiger partial charge < -0.3 is 4.94 Å². The molecule has 0 bridgehead atoms. The first-order valence-corrected chi connectivity index (χ1v) is 2.55. The summed E-state index contributed by atoms with van der Waals surface area (Å²) in [6.07, 6.45) is 0.708. The predicted molar refractivity (Wildman–Crippen MR) is 24.4 cm³/mol. The summed E-state index contributed by atoms with van der Waals surface area (Å²) in [5, 5.41) is 0. The minimum absolute atomic E-state index is 0.708. The fraction of sp³-hybridized carbons (Fsp3) is 0. The molecule has 6 heteroatoms. The molecule has 8 heavy (non-hydrogen) atoms. The average Bonchev–Trinajstić information content (AvgIpc) is 1.65. The monoisotopic (exact) mass is 143 g/mol. The third-order valence-corrected chi connectivity index (χ3v) is 0.0630. The first kappa shape index (κ1) is 10.5. The van der Waals surface area contributed by atoms with Crippen LogP contribution >= 0.6 is 8.25 Å². The normalized spacial score (nSPS) is 5.88. The van der Waals surface area contributed by atoms with Crippen molar-refractivity contribution in [3.8, 4) is 0 Å². The van der Waals surface area contributed by atoms with Gasteiger partial charge in [-0.25, -0.2) is 0 Å². The van der Waals surface area contributed by atoms with Gasteiger partial charge in [0.05, 0.1) is 0 Å². The van der Waals surface area contributed by atoms with Gasteiger partial charge in [-0.2, -0.15) is 0 Å². The van der Waals surface area contributed by atoms with Crippen LogP contribution in [0.3, 0.4) is 0 Å². The van der Waals surface area contributed by atoms with E-state index in [0.717, 1.165) is 0 Å². The van der Waals surface area contributed by atoms with Gasteiger partial charge in [-0.15, -0.1) is 9.79 Å². The van der Waals surface area contributed by atoms with Gasteiger partial charge in [0, 0.05) is 9.09 Å². The van der Waals surface area contributed by atoms with Gasteiger partial charge in [-0.1, -0.05) is 6.58 Å². The van der Waals surface area contributed by atoms with E-state index in [1.54, 1.807) is 0 Å². The second kappa shape index (κ2) is 9.70. The zero-order valence-electron chi connectivity index (χ0n) is 3.82. The van der Waals surface area contributed by atoms with E-state index >= 15 is 0 Å². The molecule has 0 aliphatic carbocycles. The molecule has 0 aliphatic rings. The lowest BCUT2D eigenvalue weighted by Gasteiger charge is -1.62. The van der Waals surface area contributed by atoms with Gasteiger partial charge in [-0.3, -0.25) is 0 Å². The summed E-state index contributed by atoms with van der Waals surface area (Å²) >= 11 is 0. The van der Waals surface area contributed by atoms with Crippen molar-refractivity contribution in [3.63, 3.8) is 0 Å². The van der Waals surface area contributed by atoms with Gasteiger partial charge in [-0.05, 0) is 0 Å². The van der Waals surface area contributed by atoms with Crippen molar-refractivity contribution in [2.24, 2.45) is 0 Å². The van der Waals surface area contributed by atoms with Crippen LogP contribution in [0.1, 0.15) is 0 Å². The Balaban J connectivity index is 0. The van der Waals surface area contributed by atoms with Crippen LogP contribution in [0, 0.1) is 0 Å². The Morgan fingerprint density at radius 2 is 1.88 bits per heavy atom. The molecule has 0 aromatic heterocycles. The molecule has 0 aromatic rings. The van der Waals surface area contributed by atoms with E-state index in [0.29, 0.717) is 6.26 Å². The van der Waals surface area contributed by atoms with Gasteiger partial charge in [0.1, 0.15) is 6.26 Å². The molecule has 4 nitrogen and oxygen atoms in total. The summed E-state index contributed by atoms with van der Waals surface area (Å²) < 4.78 is 18.8. The van der Waals surface area contributed by atoms with Crippen molar-refractivity contribution in [1.82, 2.24) is 0 Å². The predicted octanol–water partition coefficient (Wildman–Crippen LogP) is 0.659. The van der Waals surface area contributed by atoms with Crippen LogP contribution in [-0.4, -0.2) is 9.79 Å². The van der Waals surface area contributed by atoms with E-state index in [9.17, 15) is 4.53 Å². The SMILES string of the molecule is C=COF.O=[P+](O)O. The van der Waals surface area contributed by atoms with Crippen LogP contribution in [0.25, 0.3) is 0 Å². The molecule has 0 heterocycles. The highest BCUT2D eigenvalue weighted by atomic mass is 31.1. The summed E-state index contributed by atoms with van der Waals surface area (Å²) in [5.74, 6) is 0. The zero-order chi connectivity index (χ0) is 6.99. The van der Waals surface area contributed by atoms with E-state index in [-0.39, 0.29) is 0 Å². The van der Waals surface area contributed by atoms with Crippen LogP contribution in [0.15, 0.2) is 12.8 Å². The number of hydrogen-bond donors (Lipinski definition) is 2. The molecule has 0 aromatic carbocycles. The highest BCUT2D eigenvalue weighted by Crippen LogP contribution is 1.98. The molecule has 0 radical (unpaired) electrons. The third kappa shape index (κ3) is 461. The van der Waals surface area contributed by atoms with E-state index < -0.39 is 8.25 Å². The molecule has 0 spiro atoms. The van der Waals surface area contributed by atoms with Crippen molar-refractivity contribution in [3.05, 3.63) is 12.8 Å². The second-order valence-corrected chi connectivity index (χ2v) is 1.01. The number of halogens is 1. The van der Waals surface area contributed by atoms with Crippen molar-refractivity contribution in [1.29, 1.82) is 0 Å². The Morgan fingerprint density at radius 1 is 1.75 bits per heavy atom. The molecule has 48 valence electrons. The lowest BCUT2D eigenvalue weighted by atomic mass is 11.2. The molecule has 0 saturated carbocycles. The quantitative estimate of drug-likeness (QED) is 0.418. The molecule has 0 atom stereocenters. The Morgan fingerprint density at radius 3 is 1.88 bits per heavy atom. The lowest BCUT2D eigenvalue weighted by molar-refractivity contribution is -0.0611. The molecule has 0 unspecified atom stereocenters. The van der Waals surface area contributed by atoms with Crippen LogP contribution < -0.4 is 0 Å². The Bertz CT molecular complexity index is 70.4. The summed E-state index contributed by atoms with van der Waals surface area (Å²) in [6, 6.07) is 0. The van der Waals surface area contributed by atoms with Crippen LogP contribution in [0.5, 0.6) is 0 Å². The van der Waals surface area contributed by atoms with Crippen LogP contribution in [0.2, 0.25) is 0 Å². The van der Waals surface area contributed by atoms with Crippen LogP contribution in [-0.2, 0) is 9.51 Å². The summed E-state index contributed by atoms with van der Waals surface area (Å²) in [7, 11) is -2.87. The van der Waals surface area contributed by atoms with Gasteiger partial charge in [0.25, 0.3) is 0 Å². The van der Waals surface area contributed by atoms with Gasteiger partial charge in [0.2, 0.25) is 0 Å². The van der Waals surface area contributed by atoms with Gasteiger partial charge >= 0.3 is 8.25 Å². The Hall–Kier alpha value is -0.510. The van der Waals surface area contributed by atoms with E-state index in [1.807, 2.05) is 0 Å². The Kier molecular flexibility index (Phi) is 12.7. The number of hydrogen-bond acceptors (Lipinski definition) is 2. The molecule has 2 N–H and O–H groups in total. The summed E-state index contributed by atoms with van der Waals surface area (Å²) in [4.78, 5) is 17.0. The first-order chi connectivity index (χ1) is 3.65. The minimum atomic E-state index is -2.87. The smallest absolute Gasteiger partial charge is 0.303 e. The molecule has 0 fully saturated rings. The summed E-state index contributed by atoms with van der Waals surface area (Å²) in [5.41, 5.74) is 0. The number of rotatable bonds is 1. The fourth-order valence-corrected chi connectivity index (χ4v) is 0. The molecule has 0 aliphatic heterocycles. The first-order valence-electron chi connectivity index (χ1n) is 1.38. The maximum absolute atomic E-state index is 10.1. The molecule has 0 amide bonds. The average molecular weight is 143 g/mol. The van der Waals surface area contributed by atoms with Crippen molar-refractivity contribution >= 4 is 8.25 Å².